The molecule has 6 N–H and O–H groups in total. The Hall–Kier alpha value is -3.27. The molecule has 8 nitrogen and oxygen atoms in total. The first-order chi connectivity index (χ1) is 22.9. The molecule has 1 aliphatic rings. The smallest absolute Gasteiger partial charge is 0.239 e. The number of benzene rings is 2. The van der Waals surface area contributed by atoms with Gasteiger partial charge in [-0.2, -0.15) is 11.8 Å². The minimum absolute atomic E-state index is 0.0620. The van der Waals surface area contributed by atoms with Crippen LogP contribution in [-0.4, -0.2) is 79.1 Å². The summed E-state index contributed by atoms with van der Waals surface area (Å²) < 4.78 is 0. The first-order valence-electron chi connectivity index (χ1n) is 17.4. The van der Waals surface area contributed by atoms with Crippen LogP contribution in [0.5, 0.6) is 0 Å². The second kappa shape index (κ2) is 25.7. The predicted octanol–water partition coefficient (Wildman–Crippen LogP) is 5.65. The third kappa shape index (κ3) is 20.9. The van der Waals surface area contributed by atoms with Crippen LogP contribution in [-0.2, 0) is 16.0 Å². The Morgan fingerprint density at radius 1 is 0.875 bits per heavy atom. The molecule has 0 aliphatic carbocycles. The normalized spacial score (nSPS) is 13.9. The molecule has 0 radical (unpaired) electrons. The fourth-order valence-corrected chi connectivity index (χ4v) is 5.62. The molecule has 1 aliphatic heterocycles. The SMILES string of the molecule is C=C(NCC(=O)NC(CCCNC(C)C)C(=C)N1CCCSCC1)C(Cc1ccccc1)NC(=O)CN.CC(C)C.Cc1ccccc1. The zero-order valence-electron chi connectivity index (χ0n) is 30.5. The van der Waals surface area contributed by atoms with Gasteiger partial charge in [0.1, 0.15) is 0 Å². The lowest BCUT2D eigenvalue weighted by Crippen LogP contribution is -2.48. The average molecular weight is 681 g/mol. The lowest BCUT2D eigenvalue weighted by atomic mass is 10.0. The van der Waals surface area contributed by atoms with Gasteiger partial charge in [0.2, 0.25) is 11.8 Å². The fourth-order valence-electron chi connectivity index (χ4n) is 4.73. The molecule has 9 heteroatoms. The summed E-state index contributed by atoms with van der Waals surface area (Å²) in [6.07, 6.45) is 3.43. The average Bonchev–Trinajstić information content (AvgIpc) is 3.35. The highest BCUT2D eigenvalue weighted by atomic mass is 32.2. The molecule has 0 saturated carbocycles. The van der Waals surface area contributed by atoms with Crippen LogP contribution in [0.4, 0.5) is 0 Å². The lowest BCUT2D eigenvalue weighted by molar-refractivity contribution is -0.121. The summed E-state index contributed by atoms with van der Waals surface area (Å²) in [5.74, 6) is 2.68. The van der Waals surface area contributed by atoms with Gasteiger partial charge in [0.05, 0.1) is 25.2 Å². The number of amides is 2. The van der Waals surface area contributed by atoms with E-state index in [4.69, 9.17) is 5.73 Å². The Morgan fingerprint density at radius 3 is 2.04 bits per heavy atom. The van der Waals surface area contributed by atoms with Gasteiger partial charge < -0.3 is 31.9 Å². The number of aryl methyl sites for hydroxylation is 1. The van der Waals surface area contributed by atoms with Crippen LogP contribution >= 0.6 is 11.8 Å². The zero-order valence-corrected chi connectivity index (χ0v) is 31.3. The van der Waals surface area contributed by atoms with Crippen molar-refractivity contribution in [1.82, 2.24) is 26.2 Å². The van der Waals surface area contributed by atoms with Gasteiger partial charge in [-0.1, -0.05) is 114 Å². The van der Waals surface area contributed by atoms with Gasteiger partial charge in [0.25, 0.3) is 0 Å². The summed E-state index contributed by atoms with van der Waals surface area (Å²) in [5.41, 5.74) is 9.44. The number of carbonyl (C=O) groups is 2. The molecular formula is C39H64N6O2S. The van der Waals surface area contributed by atoms with E-state index in [0.717, 1.165) is 67.6 Å². The lowest BCUT2D eigenvalue weighted by Gasteiger charge is -2.31. The molecule has 1 heterocycles. The van der Waals surface area contributed by atoms with E-state index in [1.54, 1.807) is 0 Å². The second-order valence-corrected chi connectivity index (χ2v) is 14.3. The van der Waals surface area contributed by atoms with E-state index in [-0.39, 0.29) is 37.0 Å². The second-order valence-electron chi connectivity index (χ2n) is 13.1. The molecule has 268 valence electrons. The first-order valence-corrected chi connectivity index (χ1v) is 18.6. The number of rotatable bonds is 16. The molecule has 1 saturated heterocycles. The van der Waals surface area contributed by atoms with E-state index in [0.29, 0.717) is 18.2 Å². The van der Waals surface area contributed by atoms with Crippen molar-refractivity contribution in [2.24, 2.45) is 11.7 Å². The Labute approximate surface area is 296 Å². The Bertz CT molecular complexity index is 1160. The number of carbonyl (C=O) groups excluding carboxylic acids is 2. The minimum atomic E-state index is -0.381. The summed E-state index contributed by atoms with van der Waals surface area (Å²) >= 11 is 1.97. The maximum Gasteiger partial charge on any atom is 0.239 e. The maximum absolute atomic E-state index is 13.0. The van der Waals surface area contributed by atoms with Gasteiger partial charge in [0, 0.05) is 36.3 Å². The van der Waals surface area contributed by atoms with Crippen molar-refractivity contribution in [3.8, 4) is 0 Å². The summed E-state index contributed by atoms with van der Waals surface area (Å²) in [6, 6.07) is 20.0. The van der Waals surface area contributed by atoms with Gasteiger partial charge >= 0.3 is 0 Å². The van der Waals surface area contributed by atoms with Gasteiger partial charge in [-0.3, -0.25) is 9.59 Å². The van der Waals surface area contributed by atoms with E-state index < -0.39 is 0 Å². The van der Waals surface area contributed by atoms with E-state index in [1.165, 1.54) is 5.56 Å². The molecule has 0 aromatic heterocycles. The highest BCUT2D eigenvalue weighted by Gasteiger charge is 2.22. The Kier molecular flexibility index (Phi) is 22.9. The van der Waals surface area contributed by atoms with Crippen molar-refractivity contribution >= 4 is 23.6 Å². The molecule has 48 heavy (non-hydrogen) atoms. The molecule has 3 rings (SSSR count). The van der Waals surface area contributed by atoms with Crippen LogP contribution in [0.3, 0.4) is 0 Å². The van der Waals surface area contributed by atoms with Crippen LogP contribution in [0.25, 0.3) is 0 Å². The monoisotopic (exact) mass is 680 g/mol. The van der Waals surface area contributed by atoms with Gasteiger partial charge in [-0.25, -0.2) is 0 Å². The van der Waals surface area contributed by atoms with Crippen molar-refractivity contribution in [2.75, 3.05) is 44.2 Å². The molecular weight excluding hydrogens is 617 g/mol. The number of nitrogens with zero attached hydrogens (tertiary/aromatic N) is 1. The third-order valence-corrected chi connectivity index (χ3v) is 8.28. The predicted molar refractivity (Wildman–Crippen MR) is 207 cm³/mol. The van der Waals surface area contributed by atoms with Crippen molar-refractivity contribution in [3.63, 3.8) is 0 Å². The number of nitrogens with one attached hydrogen (secondary N) is 4. The topological polar surface area (TPSA) is 112 Å². The fraction of sp³-hybridized carbons (Fsp3) is 0.538. The summed E-state index contributed by atoms with van der Waals surface area (Å²) in [7, 11) is 0. The van der Waals surface area contributed by atoms with E-state index >= 15 is 0 Å². The van der Waals surface area contributed by atoms with Crippen LogP contribution in [0.2, 0.25) is 0 Å². The molecule has 0 bridgehead atoms. The molecule has 2 unspecified atom stereocenters. The number of hydrogen-bond donors (Lipinski definition) is 5. The summed E-state index contributed by atoms with van der Waals surface area (Å²) in [5, 5.41) is 12.7. The van der Waals surface area contributed by atoms with E-state index in [1.807, 2.05) is 60.3 Å². The van der Waals surface area contributed by atoms with Crippen LogP contribution in [0, 0.1) is 12.8 Å². The van der Waals surface area contributed by atoms with Crippen molar-refractivity contribution in [1.29, 1.82) is 0 Å². The van der Waals surface area contributed by atoms with Crippen LogP contribution in [0.15, 0.2) is 85.2 Å². The number of nitrogens with two attached hydrogens (primary N) is 1. The Morgan fingerprint density at radius 2 is 1.48 bits per heavy atom. The maximum atomic E-state index is 13.0. The molecule has 2 amide bonds. The highest BCUT2D eigenvalue weighted by Crippen LogP contribution is 2.18. The van der Waals surface area contributed by atoms with Gasteiger partial charge in [0.15, 0.2) is 0 Å². The van der Waals surface area contributed by atoms with Crippen molar-refractivity contribution in [3.05, 3.63) is 96.3 Å². The zero-order chi connectivity index (χ0) is 35.7. The largest absolute Gasteiger partial charge is 0.378 e. The number of thioether (sulfide) groups is 1. The van der Waals surface area contributed by atoms with Crippen molar-refractivity contribution < 1.29 is 9.59 Å². The first kappa shape index (κ1) is 42.8. The highest BCUT2D eigenvalue weighted by molar-refractivity contribution is 7.99. The van der Waals surface area contributed by atoms with E-state index in [9.17, 15) is 9.59 Å². The summed E-state index contributed by atoms with van der Waals surface area (Å²) in [4.78, 5) is 27.3. The molecule has 2 atom stereocenters. The molecule has 1 fully saturated rings. The molecule has 2 aromatic carbocycles. The summed E-state index contributed by atoms with van der Waals surface area (Å²) in [6.45, 7) is 24.1. The van der Waals surface area contributed by atoms with E-state index in [2.05, 4.69) is 93.0 Å². The Balaban J connectivity index is 0.000000886. The minimum Gasteiger partial charge on any atom is -0.378 e. The van der Waals surface area contributed by atoms with Crippen LogP contribution in [0.1, 0.15) is 65.0 Å². The van der Waals surface area contributed by atoms with Gasteiger partial charge in [-0.05, 0) is 56.4 Å². The standard InChI is InChI=1S/C28H46N6O2S.C7H8.C4H10/c1-21(2)30-13-8-12-25(23(4)34-14-9-16-37-17-15-34)32-28(36)20-31-22(3)26(33-27(35)19-29)18-24-10-6-5-7-11-24;1-7-5-3-2-4-6-7;1-4(2)3/h5-7,10-11,21,25-26,30-31H,3-4,8-9,12-20,29H2,1-2H3,(H,32,36)(H,33,35);2-6H,1H3;4H,1-3H3. The number of hydrogen-bond acceptors (Lipinski definition) is 7. The third-order valence-electron chi connectivity index (χ3n) is 7.23. The van der Waals surface area contributed by atoms with Crippen LogP contribution < -0.4 is 27.0 Å². The molecule has 0 spiro atoms. The quantitative estimate of drug-likeness (QED) is 0.146. The van der Waals surface area contributed by atoms with Gasteiger partial charge in [-0.15, -0.1) is 0 Å². The van der Waals surface area contributed by atoms with Crippen molar-refractivity contribution in [2.45, 2.75) is 85.4 Å². The molecule has 2 aromatic rings.